The minimum absolute atomic E-state index is 0.155. The summed E-state index contributed by atoms with van der Waals surface area (Å²) in [7, 11) is 0. The van der Waals surface area contributed by atoms with Crippen molar-refractivity contribution in [3.63, 3.8) is 0 Å². The van der Waals surface area contributed by atoms with Crippen LogP contribution in [0.25, 0.3) is 0 Å². The van der Waals surface area contributed by atoms with Gasteiger partial charge in [-0.3, -0.25) is 11.3 Å². The van der Waals surface area contributed by atoms with Crippen LogP contribution >= 0.6 is 0 Å². The van der Waals surface area contributed by atoms with Gasteiger partial charge in [-0.25, -0.2) is 0 Å². The number of aryl methyl sites for hydroxylation is 3. The normalized spacial score (nSPS) is 12.4. The lowest BCUT2D eigenvalue weighted by Crippen LogP contribution is -2.30. The molecule has 0 spiro atoms. The first-order valence-electron chi connectivity index (χ1n) is 7.25. The highest BCUT2D eigenvalue weighted by Crippen LogP contribution is 2.22. The second-order valence-corrected chi connectivity index (χ2v) is 5.45. The maximum atomic E-state index is 5.78. The average Bonchev–Trinajstić information content (AvgIpc) is 2.48. The molecule has 1 unspecified atom stereocenters. The molecule has 2 aromatic carbocycles. The lowest BCUT2D eigenvalue weighted by molar-refractivity contribution is 0.549. The first-order chi connectivity index (χ1) is 9.63. The van der Waals surface area contributed by atoms with Crippen LogP contribution in [-0.4, -0.2) is 0 Å². The smallest absolute Gasteiger partial charge is 0.0503 e. The van der Waals surface area contributed by atoms with Crippen molar-refractivity contribution in [2.75, 3.05) is 0 Å². The first kappa shape index (κ1) is 14.8. The summed E-state index contributed by atoms with van der Waals surface area (Å²) in [5, 5.41) is 0. The van der Waals surface area contributed by atoms with Crippen molar-refractivity contribution < 1.29 is 0 Å². The summed E-state index contributed by atoms with van der Waals surface area (Å²) in [5.74, 6) is 5.78. The van der Waals surface area contributed by atoms with E-state index in [1.807, 2.05) is 0 Å². The molecule has 2 nitrogen and oxygen atoms in total. The maximum Gasteiger partial charge on any atom is 0.0503 e. The van der Waals surface area contributed by atoms with Crippen LogP contribution < -0.4 is 11.3 Å². The van der Waals surface area contributed by atoms with Crippen LogP contribution in [0, 0.1) is 13.8 Å². The van der Waals surface area contributed by atoms with Gasteiger partial charge in [0.15, 0.2) is 0 Å². The SMILES string of the molecule is CCc1ccc(CC(NN)c2cc(C)ccc2C)cc1. The molecule has 0 fully saturated rings. The van der Waals surface area contributed by atoms with Gasteiger partial charge in [-0.1, -0.05) is 55.0 Å². The van der Waals surface area contributed by atoms with Crippen molar-refractivity contribution in [3.05, 3.63) is 70.3 Å². The Morgan fingerprint density at radius 2 is 1.65 bits per heavy atom. The van der Waals surface area contributed by atoms with E-state index in [1.54, 1.807) is 0 Å². The monoisotopic (exact) mass is 268 g/mol. The number of nitrogens with two attached hydrogens (primary N) is 1. The fourth-order valence-corrected chi connectivity index (χ4v) is 2.54. The molecular formula is C18H24N2. The van der Waals surface area contributed by atoms with Crippen molar-refractivity contribution in [3.8, 4) is 0 Å². The molecule has 0 amide bonds. The molecule has 0 saturated heterocycles. The van der Waals surface area contributed by atoms with Crippen molar-refractivity contribution in [1.82, 2.24) is 5.43 Å². The van der Waals surface area contributed by atoms with E-state index in [0.717, 1.165) is 12.8 Å². The average molecular weight is 268 g/mol. The molecule has 2 aromatic rings. The van der Waals surface area contributed by atoms with Crippen molar-refractivity contribution in [1.29, 1.82) is 0 Å². The Bertz CT molecular complexity index is 558. The molecule has 0 heterocycles. The third-order valence-electron chi connectivity index (χ3n) is 3.88. The summed E-state index contributed by atoms with van der Waals surface area (Å²) in [4.78, 5) is 0. The number of benzene rings is 2. The fraction of sp³-hybridized carbons (Fsp3) is 0.333. The highest BCUT2D eigenvalue weighted by atomic mass is 15.2. The van der Waals surface area contributed by atoms with Crippen LogP contribution in [0.5, 0.6) is 0 Å². The molecular weight excluding hydrogens is 244 g/mol. The summed E-state index contributed by atoms with van der Waals surface area (Å²) < 4.78 is 0. The maximum absolute atomic E-state index is 5.78. The predicted molar refractivity (Wildman–Crippen MR) is 85.5 cm³/mol. The zero-order chi connectivity index (χ0) is 14.5. The molecule has 106 valence electrons. The summed E-state index contributed by atoms with van der Waals surface area (Å²) in [6.45, 7) is 6.43. The largest absolute Gasteiger partial charge is 0.271 e. The third kappa shape index (κ3) is 3.47. The Hall–Kier alpha value is -1.64. The van der Waals surface area contributed by atoms with Gasteiger partial charge in [0.2, 0.25) is 0 Å². The standard InChI is InChI=1S/C18H24N2/c1-4-15-7-9-16(10-8-15)12-18(20-19)17-11-13(2)5-6-14(17)3/h5-11,18,20H,4,12,19H2,1-3H3. The zero-order valence-electron chi connectivity index (χ0n) is 12.6. The van der Waals surface area contributed by atoms with E-state index in [-0.39, 0.29) is 6.04 Å². The summed E-state index contributed by atoms with van der Waals surface area (Å²) in [6.07, 6.45) is 1.99. The van der Waals surface area contributed by atoms with E-state index in [0.29, 0.717) is 0 Å². The van der Waals surface area contributed by atoms with E-state index in [4.69, 9.17) is 5.84 Å². The third-order valence-corrected chi connectivity index (χ3v) is 3.88. The molecule has 3 N–H and O–H groups in total. The molecule has 2 heteroatoms. The van der Waals surface area contributed by atoms with Crippen LogP contribution in [0.1, 0.15) is 40.8 Å². The van der Waals surface area contributed by atoms with Gasteiger partial charge < -0.3 is 0 Å². The van der Waals surface area contributed by atoms with Gasteiger partial charge in [0.1, 0.15) is 0 Å². The molecule has 0 radical (unpaired) electrons. The number of hydrogen-bond acceptors (Lipinski definition) is 2. The van der Waals surface area contributed by atoms with Crippen molar-refractivity contribution in [2.24, 2.45) is 5.84 Å². The molecule has 1 atom stereocenters. The first-order valence-corrected chi connectivity index (χ1v) is 7.25. The summed E-state index contributed by atoms with van der Waals surface area (Å²) in [6, 6.07) is 15.5. The van der Waals surface area contributed by atoms with Gasteiger partial charge in [-0.2, -0.15) is 0 Å². The molecule has 0 aliphatic carbocycles. The minimum Gasteiger partial charge on any atom is -0.271 e. The topological polar surface area (TPSA) is 38.0 Å². The van der Waals surface area contributed by atoms with Gasteiger partial charge in [-0.15, -0.1) is 0 Å². The number of hydrazine groups is 1. The van der Waals surface area contributed by atoms with Crippen LogP contribution in [0.4, 0.5) is 0 Å². The number of hydrogen-bond donors (Lipinski definition) is 2. The van der Waals surface area contributed by atoms with Crippen LogP contribution in [0.2, 0.25) is 0 Å². The predicted octanol–water partition coefficient (Wildman–Crippen LogP) is 3.61. The summed E-state index contributed by atoms with van der Waals surface area (Å²) >= 11 is 0. The quantitative estimate of drug-likeness (QED) is 0.642. The van der Waals surface area contributed by atoms with Gasteiger partial charge >= 0.3 is 0 Å². The minimum atomic E-state index is 0.155. The molecule has 0 saturated carbocycles. The van der Waals surface area contributed by atoms with E-state index in [9.17, 15) is 0 Å². The zero-order valence-corrected chi connectivity index (χ0v) is 12.6. The summed E-state index contributed by atoms with van der Waals surface area (Å²) in [5.41, 5.74) is 9.48. The fourth-order valence-electron chi connectivity index (χ4n) is 2.54. The Labute approximate surface area is 122 Å². The van der Waals surface area contributed by atoms with E-state index >= 15 is 0 Å². The van der Waals surface area contributed by atoms with Crippen molar-refractivity contribution in [2.45, 2.75) is 39.7 Å². The van der Waals surface area contributed by atoms with E-state index in [1.165, 1.54) is 27.8 Å². The van der Waals surface area contributed by atoms with Crippen LogP contribution in [0.15, 0.2) is 42.5 Å². The second kappa shape index (κ2) is 6.69. The Kier molecular flexibility index (Phi) is 4.94. The molecule has 20 heavy (non-hydrogen) atoms. The van der Waals surface area contributed by atoms with Gasteiger partial charge in [-0.05, 0) is 48.9 Å². The number of nitrogens with one attached hydrogen (secondary N) is 1. The Morgan fingerprint density at radius 3 is 2.25 bits per heavy atom. The number of rotatable bonds is 5. The Balaban J connectivity index is 2.21. The van der Waals surface area contributed by atoms with Crippen LogP contribution in [-0.2, 0) is 12.8 Å². The van der Waals surface area contributed by atoms with Gasteiger partial charge in [0.05, 0.1) is 6.04 Å². The van der Waals surface area contributed by atoms with Crippen LogP contribution in [0.3, 0.4) is 0 Å². The lowest BCUT2D eigenvalue weighted by Gasteiger charge is -2.19. The molecule has 0 aromatic heterocycles. The van der Waals surface area contributed by atoms with E-state index in [2.05, 4.69) is 68.7 Å². The van der Waals surface area contributed by atoms with Gasteiger partial charge in [0.25, 0.3) is 0 Å². The molecule has 0 aliphatic heterocycles. The Morgan fingerprint density at radius 1 is 1.00 bits per heavy atom. The highest BCUT2D eigenvalue weighted by molar-refractivity contribution is 5.34. The molecule has 2 rings (SSSR count). The molecule has 0 aliphatic rings. The van der Waals surface area contributed by atoms with Gasteiger partial charge in [0, 0.05) is 0 Å². The second-order valence-electron chi connectivity index (χ2n) is 5.45. The molecule has 0 bridgehead atoms. The highest BCUT2D eigenvalue weighted by Gasteiger charge is 2.13. The van der Waals surface area contributed by atoms with E-state index < -0.39 is 0 Å². The van der Waals surface area contributed by atoms with Crippen molar-refractivity contribution >= 4 is 0 Å². The lowest BCUT2D eigenvalue weighted by atomic mass is 9.94.